The van der Waals surface area contributed by atoms with E-state index in [0.29, 0.717) is 25.3 Å². The van der Waals surface area contributed by atoms with Crippen LogP contribution in [0.15, 0.2) is 6.07 Å². The molecular weight excluding hydrogens is 237 g/mol. The molecule has 1 aromatic rings. The van der Waals surface area contributed by atoms with E-state index in [2.05, 4.69) is 5.32 Å². The minimum atomic E-state index is -1.39. The Kier molecular flexibility index (Phi) is 2.87. The average Bonchev–Trinajstić information content (AvgIpc) is 2.44. The first-order chi connectivity index (χ1) is 7.61. The second-order valence-corrected chi connectivity index (χ2v) is 3.77. The maximum atomic E-state index is 13.6. The van der Waals surface area contributed by atoms with Crippen molar-refractivity contribution in [3.8, 4) is 5.75 Å². The Balaban J connectivity index is 2.65. The molecule has 0 unspecified atom stereocenters. The molecule has 2 rings (SSSR count). The highest BCUT2D eigenvalue weighted by molar-refractivity contribution is 6.31. The van der Waals surface area contributed by atoms with Crippen molar-refractivity contribution in [2.45, 2.75) is 6.42 Å². The van der Waals surface area contributed by atoms with Crippen molar-refractivity contribution >= 4 is 23.3 Å². The largest absolute Gasteiger partial charge is 0.490 e. The third-order valence-electron chi connectivity index (χ3n) is 2.27. The lowest BCUT2D eigenvalue weighted by Crippen LogP contribution is -2.07. The predicted molar refractivity (Wildman–Crippen MR) is 57.0 cm³/mol. The highest BCUT2D eigenvalue weighted by atomic mass is 35.5. The molecule has 0 atom stereocenters. The molecule has 0 aromatic heterocycles. The minimum absolute atomic E-state index is 0.0203. The topological polar surface area (TPSA) is 58.6 Å². The summed E-state index contributed by atoms with van der Waals surface area (Å²) in [6, 6.07) is 1.34. The van der Waals surface area contributed by atoms with E-state index in [1.165, 1.54) is 6.07 Å². The van der Waals surface area contributed by atoms with Crippen LogP contribution in [0.5, 0.6) is 5.75 Å². The van der Waals surface area contributed by atoms with Crippen LogP contribution < -0.4 is 10.1 Å². The van der Waals surface area contributed by atoms with E-state index < -0.39 is 17.3 Å². The van der Waals surface area contributed by atoms with E-state index in [1.54, 1.807) is 0 Å². The van der Waals surface area contributed by atoms with Gasteiger partial charge >= 0.3 is 5.97 Å². The number of hydrogen-bond donors (Lipinski definition) is 2. The number of fused-ring (bicyclic) bond motifs is 1. The van der Waals surface area contributed by atoms with Gasteiger partial charge in [0.15, 0.2) is 11.6 Å². The van der Waals surface area contributed by atoms with Crippen molar-refractivity contribution in [1.29, 1.82) is 0 Å². The summed E-state index contributed by atoms with van der Waals surface area (Å²) < 4.78 is 18.8. The highest BCUT2D eigenvalue weighted by Gasteiger charge is 2.25. The summed E-state index contributed by atoms with van der Waals surface area (Å²) in [7, 11) is 0. The number of rotatable bonds is 1. The Morgan fingerprint density at radius 3 is 3.06 bits per heavy atom. The molecule has 0 spiro atoms. The molecule has 1 aliphatic heterocycles. The first-order valence-corrected chi connectivity index (χ1v) is 5.11. The zero-order chi connectivity index (χ0) is 11.7. The van der Waals surface area contributed by atoms with Gasteiger partial charge < -0.3 is 15.2 Å². The van der Waals surface area contributed by atoms with Crippen LogP contribution in [0.1, 0.15) is 16.8 Å². The third-order valence-corrected chi connectivity index (χ3v) is 2.54. The van der Waals surface area contributed by atoms with Crippen LogP contribution >= 0.6 is 11.6 Å². The smallest absolute Gasteiger partial charge is 0.342 e. The predicted octanol–water partition coefficient (Wildman–Crippen LogP) is 2.37. The van der Waals surface area contributed by atoms with Gasteiger partial charge in [0.2, 0.25) is 0 Å². The fraction of sp³-hybridized carbons (Fsp3) is 0.300. The molecule has 0 aliphatic carbocycles. The van der Waals surface area contributed by atoms with Crippen molar-refractivity contribution in [2.24, 2.45) is 0 Å². The number of carbonyl (C=O) groups is 1. The number of hydrogen-bond acceptors (Lipinski definition) is 3. The standard InChI is InChI=1S/C10H9ClFNO3/c11-5-4-6-9(16-3-1-2-13-6)7(8(5)12)10(14)15/h4,13H,1-3H2,(H,14,15). The fourth-order valence-corrected chi connectivity index (χ4v) is 1.75. The first kappa shape index (κ1) is 11.0. The van der Waals surface area contributed by atoms with E-state index in [4.69, 9.17) is 21.4 Å². The van der Waals surface area contributed by atoms with Crippen LogP contribution in [-0.2, 0) is 0 Å². The summed E-state index contributed by atoms with van der Waals surface area (Å²) in [5, 5.41) is 11.7. The molecule has 1 aromatic carbocycles. The van der Waals surface area contributed by atoms with Gasteiger partial charge in [0.25, 0.3) is 0 Å². The van der Waals surface area contributed by atoms with Crippen molar-refractivity contribution in [1.82, 2.24) is 0 Å². The number of aromatic carboxylic acids is 1. The molecule has 86 valence electrons. The van der Waals surface area contributed by atoms with Gasteiger partial charge in [-0.05, 0) is 12.5 Å². The summed E-state index contributed by atoms with van der Waals surface area (Å²) in [6.45, 7) is 0.982. The van der Waals surface area contributed by atoms with Crippen LogP contribution in [0.4, 0.5) is 10.1 Å². The van der Waals surface area contributed by atoms with E-state index in [-0.39, 0.29) is 10.8 Å². The Bertz CT molecular complexity index is 450. The molecule has 0 fully saturated rings. The zero-order valence-electron chi connectivity index (χ0n) is 8.22. The molecule has 1 aliphatic rings. The Hall–Kier alpha value is -1.49. The van der Waals surface area contributed by atoms with Gasteiger partial charge in [-0.25, -0.2) is 9.18 Å². The van der Waals surface area contributed by atoms with E-state index >= 15 is 0 Å². The molecule has 0 bridgehead atoms. The minimum Gasteiger partial charge on any atom is -0.490 e. The van der Waals surface area contributed by atoms with Gasteiger partial charge in [0, 0.05) is 6.54 Å². The molecule has 2 N–H and O–H groups in total. The van der Waals surface area contributed by atoms with Gasteiger partial charge in [-0.2, -0.15) is 0 Å². The van der Waals surface area contributed by atoms with Crippen molar-refractivity contribution in [3.05, 3.63) is 22.5 Å². The lowest BCUT2D eigenvalue weighted by atomic mass is 10.1. The first-order valence-electron chi connectivity index (χ1n) is 4.73. The summed E-state index contributed by atoms with van der Waals surface area (Å²) >= 11 is 5.61. The van der Waals surface area contributed by atoms with Gasteiger partial charge in [-0.15, -0.1) is 0 Å². The second kappa shape index (κ2) is 4.17. The van der Waals surface area contributed by atoms with Gasteiger partial charge in [0.05, 0.1) is 17.3 Å². The number of carboxylic acids is 1. The Morgan fingerprint density at radius 1 is 1.62 bits per heavy atom. The fourth-order valence-electron chi connectivity index (χ4n) is 1.55. The van der Waals surface area contributed by atoms with Crippen LogP contribution in [0.2, 0.25) is 5.02 Å². The number of halogens is 2. The van der Waals surface area contributed by atoms with Crippen LogP contribution in [0.3, 0.4) is 0 Å². The lowest BCUT2D eigenvalue weighted by Gasteiger charge is -2.12. The molecule has 0 saturated heterocycles. The van der Waals surface area contributed by atoms with E-state index in [1.807, 2.05) is 0 Å². The number of anilines is 1. The van der Waals surface area contributed by atoms with Gasteiger partial charge in [-0.1, -0.05) is 11.6 Å². The molecular formula is C10H9ClFNO3. The lowest BCUT2D eigenvalue weighted by molar-refractivity contribution is 0.0687. The quantitative estimate of drug-likeness (QED) is 0.798. The molecule has 0 saturated carbocycles. The van der Waals surface area contributed by atoms with E-state index in [9.17, 15) is 9.18 Å². The molecule has 0 amide bonds. The van der Waals surface area contributed by atoms with Crippen LogP contribution in [0, 0.1) is 5.82 Å². The molecule has 4 nitrogen and oxygen atoms in total. The van der Waals surface area contributed by atoms with Gasteiger partial charge in [0.1, 0.15) is 5.56 Å². The number of ether oxygens (including phenoxy) is 1. The second-order valence-electron chi connectivity index (χ2n) is 3.36. The SMILES string of the molecule is O=C(O)c1c(F)c(Cl)cc2c1OCCCN2. The monoisotopic (exact) mass is 245 g/mol. The Labute approximate surface area is 96.0 Å². The van der Waals surface area contributed by atoms with Crippen molar-refractivity contribution in [2.75, 3.05) is 18.5 Å². The van der Waals surface area contributed by atoms with Gasteiger partial charge in [-0.3, -0.25) is 0 Å². The van der Waals surface area contributed by atoms with E-state index in [0.717, 1.165) is 0 Å². The molecule has 6 heteroatoms. The van der Waals surface area contributed by atoms with Crippen molar-refractivity contribution < 1.29 is 19.0 Å². The van der Waals surface area contributed by atoms with Crippen LogP contribution in [-0.4, -0.2) is 24.2 Å². The molecule has 0 radical (unpaired) electrons. The molecule has 1 heterocycles. The zero-order valence-corrected chi connectivity index (χ0v) is 8.97. The number of nitrogens with one attached hydrogen (secondary N) is 1. The highest BCUT2D eigenvalue weighted by Crippen LogP contribution is 2.36. The maximum Gasteiger partial charge on any atom is 0.342 e. The number of benzene rings is 1. The van der Waals surface area contributed by atoms with Crippen LogP contribution in [0.25, 0.3) is 0 Å². The summed E-state index contributed by atoms with van der Waals surface area (Å²) in [5.74, 6) is -2.33. The summed E-state index contributed by atoms with van der Waals surface area (Å²) in [6.07, 6.45) is 0.715. The maximum absolute atomic E-state index is 13.6. The number of carboxylic acid groups (broad SMARTS) is 1. The third kappa shape index (κ3) is 1.78. The summed E-state index contributed by atoms with van der Waals surface area (Å²) in [5.41, 5.74) is -0.0989. The summed E-state index contributed by atoms with van der Waals surface area (Å²) in [4.78, 5) is 11.0. The molecule has 16 heavy (non-hydrogen) atoms. The average molecular weight is 246 g/mol. The van der Waals surface area contributed by atoms with Crippen molar-refractivity contribution in [3.63, 3.8) is 0 Å². The normalized spacial score (nSPS) is 14.4. The Morgan fingerprint density at radius 2 is 2.38 bits per heavy atom.